The Labute approximate surface area is 172 Å². The maximum Gasteiger partial charge on any atom is 0.274 e. The Bertz CT molecular complexity index is 1200. The number of aryl methyl sites for hydroxylation is 1. The normalized spacial score (nSPS) is 10.8. The van der Waals surface area contributed by atoms with E-state index in [1.54, 1.807) is 46.7 Å². The smallest absolute Gasteiger partial charge is 0.274 e. The van der Waals surface area contributed by atoms with Crippen LogP contribution in [0.3, 0.4) is 0 Å². The molecule has 2 aromatic carbocycles. The molecule has 30 heavy (non-hydrogen) atoms. The van der Waals surface area contributed by atoms with Gasteiger partial charge in [0.1, 0.15) is 5.82 Å². The number of nitrogens with zero attached hydrogens (tertiary/aromatic N) is 3. The minimum atomic E-state index is -0.554. The van der Waals surface area contributed by atoms with E-state index in [0.29, 0.717) is 23.4 Å². The van der Waals surface area contributed by atoms with Gasteiger partial charge in [-0.2, -0.15) is 5.10 Å². The number of nitrogens with one attached hydrogen (secondary N) is 1. The lowest BCUT2D eigenvalue weighted by Gasteiger charge is -2.06. The molecule has 0 saturated carbocycles. The highest BCUT2D eigenvalue weighted by Gasteiger charge is 2.10. The summed E-state index contributed by atoms with van der Waals surface area (Å²) in [6.45, 7) is 2.36. The molecule has 1 amide bonds. The standard InChI is InChI=1S/C23H19FN4O2/c1-15-2-7-19(20(24)12-15)22-13-18(8-10-25-22)21-9-11-28(26-21)14-16-3-5-17(6-4-16)23(29)27-30/h2-13,30H,14H2,1H3,(H,27,29). The highest BCUT2D eigenvalue weighted by Crippen LogP contribution is 2.26. The van der Waals surface area contributed by atoms with Crippen LogP contribution in [0.25, 0.3) is 22.5 Å². The zero-order valence-electron chi connectivity index (χ0n) is 16.2. The third kappa shape index (κ3) is 4.11. The van der Waals surface area contributed by atoms with E-state index in [0.717, 1.165) is 22.4 Å². The minimum Gasteiger partial charge on any atom is -0.288 e. The summed E-state index contributed by atoms with van der Waals surface area (Å²) in [7, 11) is 0. The lowest BCUT2D eigenvalue weighted by atomic mass is 10.1. The number of amides is 1. The van der Waals surface area contributed by atoms with Crippen LogP contribution < -0.4 is 5.48 Å². The molecule has 0 aliphatic rings. The fraction of sp³-hybridized carbons (Fsp3) is 0.0870. The largest absolute Gasteiger partial charge is 0.288 e. The summed E-state index contributed by atoms with van der Waals surface area (Å²) in [6, 6.07) is 17.5. The molecule has 6 nitrogen and oxygen atoms in total. The highest BCUT2D eigenvalue weighted by molar-refractivity contribution is 5.93. The van der Waals surface area contributed by atoms with Crippen molar-refractivity contribution in [2.75, 3.05) is 0 Å². The first-order valence-corrected chi connectivity index (χ1v) is 9.33. The number of carbonyl (C=O) groups is 1. The molecule has 2 aromatic heterocycles. The van der Waals surface area contributed by atoms with Crippen LogP contribution in [0, 0.1) is 12.7 Å². The van der Waals surface area contributed by atoms with Gasteiger partial charge in [-0.1, -0.05) is 18.2 Å². The molecule has 0 radical (unpaired) electrons. The lowest BCUT2D eigenvalue weighted by molar-refractivity contribution is 0.0706. The van der Waals surface area contributed by atoms with Gasteiger partial charge in [-0.05, 0) is 60.5 Å². The summed E-state index contributed by atoms with van der Waals surface area (Å²) in [5.74, 6) is -0.857. The molecule has 7 heteroatoms. The molecular weight excluding hydrogens is 383 g/mol. The predicted molar refractivity (Wildman–Crippen MR) is 110 cm³/mol. The van der Waals surface area contributed by atoms with Crippen LogP contribution >= 0.6 is 0 Å². The number of benzene rings is 2. The summed E-state index contributed by atoms with van der Waals surface area (Å²) in [5, 5.41) is 13.3. The molecule has 0 aliphatic carbocycles. The summed E-state index contributed by atoms with van der Waals surface area (Å²) in [4.78, 5) is 15.7. The van der Waals surface area contributed by atoms with E-state index in [2.05, 4.69) is 10.1 Å². The number of aromatic nitrogens is 3. The molecule has 4 aromatic rings. The van der Waals surface area contributed by atoms with Crippen molar-refractivity contribution in [3.63, 3.8) is 0 Å². The maximum atomic E-state index is 14.3. The Hall–Kier alpha value is -3.84. The Morgan fingerprint density at radius 1 is 1.07 bits per heavy atom. The summed E-state index contributed by atoms with van der Waals surface area (Å²) >= 11 is 0. The first-order valence-electron chi connectivity index (χ1n) is 9.33. The summed E-state index contributed by atoms with van der Waals surface area (Å²) in [6.07, 6.45) is 3.50. The number of carbonyl (C=O) groups excluding carboxylic acids is 1. The summed E-state index contributed by atoms with van der Waals surface area (Å²) < 4.78 is 16.1. The molecule has 0 fully saturated rings. The van der Waals surface area contributed by atoms with Gasteiger partial charge in [-0.15, -0.1) is 0 Å². The van der Waals surface area contributed by atoms with E-state index in [1.807, 2.05) is 37.4 Å². The van der Waals surface area contributed by atoms with Crippen LogP contribution in [0.15, 0.2) is 73.1 Å². The van der Waals surface area contributed by atoms with Crippen molar-refractivity contribution < 1.29 is 14.4 Å². The Kier molecular flexibility index (Phi) is 5.36. The fourth-order valence-corrected chi connectivity index (χ4v) is 3.18. The van der Waals surface area contributed by atoms with Crippen molar-refractivity contribution in [2.24, 2.45) is 0 Å². The van der Waals surface area contributed by atoms with Crippen LogP contribution in [0.1, 0.15) is 21.5 Å². The second-order valence-electron chi connectivity index (χ2n) is 6.95. The van der Waals surface area contributed by atoms with Crippen molar-refractivity contribution in [3.8, 4) is 22.5 Å². The molecule has 0 atom stereocenters. The fourth-order valence-electron chi connectivity index (χ4n) is 3.18. The molecular formula is C23H19FN4O2. The molecule has 0 saturated heterocycles. The second kappa shape index (κ2) is 8.26. The van der Waals surface area contributed by atoms with Gasteiger partial charge in [0.15, 0.2) is 0 Å². The Morgan fingerprint density at radius 3 is 2.60 bits per heavy atom. The minimum absolute atomic E-state index is 0.302. The molecule has 2 N–H and O–H groups in total. The van der Waals surface area contributed by atoms with Gasteiger partial charge in [-0.25, -0.2) is 9.87 Å². The quantitative estimate of drug-likeness (QED) is 0.387. The van der Waals surface area contributed by atoms with Gasteiger partial charge < -0.3 is 0 Å². The molecule has 150 valence electrons. The van der Waals surface area contributed by atoms with E-state index >= 15 is 0 Å². The van der Waals surface area contributed by atoms with E-state index in [4.69, 9.17) is 5.21 Å². The Morgan fingerprint density at radius 2 is 1.87 bits per heavy atom. The first kappa shape index (κ1) is 19.5. The van der Waals surface area contributed by atoms with Gasteiger partial charge in [0.2, 0.25) is 0 Å². The predicted octanol–water partition coefficient (Wildman–Crippen LogP) is 4.23. The first-order chi connectivity index (χ1) is 14.5. The van der Waals surface area contributed by atoms with Crippen molar-refractivity contribution in [2.45, 2.75) is 13.5 Å². The van der Waals surface area contributed by atoms with E-state index < -0.39 is 5.91 Å². The molecule has 0 unspecified atom stereocenters. The van der Waals surface area contributed by atoms with Crippen molar-refractivity contribution in [1.29, 1.82) is 0 Å². The molecule has 0 aliphatic heterocycles. The molecule has 0 spiro atoms. The maximum absolute atomic E-state index is 14.3. The number of hydrogen-bond donors (Lipinski definition) is 2. The summed E-state index contributed by atoms with van der Waals surface area (Å²) in [5.41, 5.74) is 6.39. The van der Waals surface area contributed by atoms with Crippen molar-refractivity contribution >= 4 is 5.91 Å². The molecule has 2 heterocycles. The number of halogens is 1. The van der Waals surface area contributed by atoms with Gasteiger partial charge in [0.05, 0.1) is 17.9 Å². The molecule has 4 rings (SSSR count). The van der Waals surface area contributed by atoms with Crippen molar-refractivity contribution in [3.05, 3.63) is 95.6 Å². The average Bonchev–Trinajstić information content (AvgIpc) is 3.22. The Balaban J connectivity index is 1.55. The topological polar surface area (TPSA) is 80.0 Å². The third-order valence-electron chi connectivity index (χ3n) is 4.76. The van der Waals surface area contributed by atoms with Crippen molar-refractivity contribution in [1.82, 2.24) is 20.2 Å². The van der Waals surface area contributed by atoms with E-state index in [-0.39, 0.29) is 5.82 Å². The van der Waals surface area contributed by atoms with Crippen LogP contribution in [-0.4, -0.2) is 25.9 Å². The highest BCUT2D eigenvalue weighted by atomic mass is 19.1. The van der Waals surface area contributed by atoms with Crippen LogP contribution in [-0.2, 0) is 6.54 Å². The van der Waals surface area contributed by atoms with E-state index in [9.17, 15) is 9.18 Å². The number of pyridine rings is 1. The van der Waals surface area contributed by atoms with Gasteiger partial charge in [0, 0.05) is 29.1 Å². The molecule has 0 bridgehead atoms. The second-order valence-corrected chi connectivity index (χ2v) is 6.95. The number of rotatable bonds is 5. The number of hydroxylamine groups is 1. The van der Waals surface area contributed by atoms with Crippen LogP contribution in [0.4, 0.5) is 4.39 Å². The van der Waals surface area contributed by atoms with Crippen LogP contribution in [0.5, 0.6) is 0 Å². The van der Waals surface area contributed by atoms with Crippen LogP contribution in [0.2, 0.25) is 0 Å². The zero-order chi connectivity index (χ0) is 21.1. The lowest BCUT2D eigenvalue weighted by Crippen LogP contribution is -2.18. The van der Waals surface area contributed by atoms with Gasteiger partial charge in [-0.3, -0.25) is 19.7 Å². The SMILES string of the molecule is Cc1ccc(-c2cc(-c3ccn(Cc4ccc(C(=O)NO)cc4)n3)ccn2)c(F)c1. The third-order valence-corrected chi connectivity index (χ3v) is 4.76. The van der Waals surface area contributed by atoms with Gasteiger partial charge >= 0.3 is 0 Å². The average molecular weight is 402 g/mol. The van der Waals surface area contributed by atoms with Gasteiger partial charge in [0.25, 0.3) is 5.91 Å². The van der Waals surface area contributed by atoms with E-state index in [1.165, 1.54) is 6.07 Å². The number of hydrogen-bond acceptors (Lipinski definition) is 4. The monoisotopic (exact) mass is 402 g/mol. The zero-order valence-corrected chi connectivity index (χ0v) is 16.2.